The van der Waals surface area contributed by atoms with Gasteiger partial charge in [-0.25, -0.2) is 0 Å². The summed E-state index contributed by atoms with van der Waals surface area (Å²) in [6.45, 7) is 0. The van der Waals surface area contributed by atoms with Crippen molar-refractivity contribution in [3.05, 3.63) is 48.9 Å². The van der Waals surface area contributed by atoms with E-state index >= 15 is 0 Å². The zero-order chi connectivity index (χ0) is 11.2. The summed E-state index contributed by atoms with van der Waals surface area (Å²) in [6, 6.07) is 12.1. The molecule has 2 aromatic carbocycles. The van der Waals surface area contributed by atoms with E-state index in [0.29, 0.717) is 0 Å². The van der Waals surface area contributed by atoms with Crippen LogP contribution in [0, 0.1) is 0 Å². The Hall–Kier alpha value is -2.42. The lowest BCUT2D eigenvalue weighted by Crippen LogP contribution is -1.82. The number of rotatable bonds is 0. The predicted molar refractivity (Wildman–Crippen MR) is 66.8 cm³/mol. The summed E-state index contributed by atoms with van der Waals surface area (Å²) in [5.74, 6) is 0. The fraction of sp³-hybridized carbons (Fsp3) is 0. The highest BCUT2D eigenvalue weighted by atomic mass is 16.5. The molecule has 0 radical (unpaired) electrons. The molecule has 0 aliphatic rings. The molecule has 0 aliphatic carbocycles. The highest BCUT2D eigenvalue weighted by molar-refractivity contribution is 6.18. The van der Waals surface area contributed by atoms with Gasteiger partial charge in [-0.2, -0.15) is 0 Å². The lowest BCUT2D eigenvalue weighted by Gasteiger charge is -2.03. The Kier molecular flexibility index (Phi) is 1.56. The van der Waals surface area contributed by atoms with Crippen molar-refractivity contribution in [2.45, 2.75) is 0 Å². The summed E-state index contributed by atoms with van der Waals surface area (Å²) in [5.41, 5.74) is 1.88. The molecule has 0 saturated heterocycles. The molecule has 0 atom stereocenters. The van der Waals surface area contributed by atoms with Crippen LogP contribution in [0.4, 0.5) is 0 Å². The Labute approximate surface area is 96.7 Å². The van der Waals surface area contributed by atoms with Crippen molar-refractivity contribution in [2.75, 3.05) is 0 Å². The molecule has 2 aromatic heterocycles. The number of hydrogen-bond donors (Lipinski definition) is 0. The fourth-order valence-electron chi connectivity index (χ4n) is 2.31. The van der Waals surface area contributed by atoms with Crippen molar-refractivity contribution >= 4 is 32.6 Å². The smallest absolute Gasteiger partial charge is 0.132 e. The van der Waals surface area contributed by atoms with Crippen LogP contribution in [-0.2, 0) is 0 Å². The molecule has 0 unspecified atom stereocenters. The van der Waals surface area contributed by atoms with E-state index in [4.69, 9.17) is 4.52 Å². The first-order valence-corrected chi connectivity index (χ1v) is 5.44. The SMILES string of the molecule is c1ccc2c(c1)ncc1ccc3nocc3c12. The van der Waals surface area contributed by atoms with Gasteiger partial charge in [0, 0.05) is 22.4 Å². The maximum Gasteiger partial charge on any atom is 0.132 e. The molecule has 0 bridgehead atoms. The summed E-state index contributed by atoms with van der Waals surface area (Å²) in [4.78, 5) is 4.45. The first-order valence-electron chi connectivity index (χ1n) is 5.44. The van der Waals surface area contributed by atoms with Crippen molar-refractivity contribution in [3.63, 3.8) is 0 Å². The van der Waals surface area contributed by atoms with E-state index in [1.165, 1.54) is 0 Å². The number of aromatic nitrogens is 2. The summed E-state index contributed by atoms with van der Waals surface area (Å²) in [7, 11) is 0. The third-order valence-electron chi connectivity index (χ3n) is 3.09. The van der Waals surface area contributed by atoms with Crippen LogP contribution in [0.1, 0.15) is 0 Å². The van der Waals surface area contributed by atoms with E-state index < -0.39 is 0 Å². The van der Waals surface area contributed by atoms with Gasteiger partial charge in [0.05, 0.1) is 10.9 Å². The summed E-state index contributed by atoms with van der Waals surface area (Å²) in [6.07, 6.45) is 3.59. The largest absolute Gasteiger partial charge is 0.363 e. The fourth-order valence-corrected chi connectivity index (χ4v) is 2.31. The minimum atomic E-state index is 0.883. The van der Waals surface area contributed by atoms with Gasteiger partial charge >= 0.3 is 0 Å². The average Bonchev–Trinajstić information content (AvgIpc) is 2.86. The lowest BCUT2D eigenvalue weighted by atomic mass is 10.0. The zero-order valence-electron chi connectivity index (χ0n) is 8.92. The molecular formula is C14H8N2O. The van der Waals surface area contributed by atoms with Crippen molar-refractivity contribution < 1.29 is 4.52 Å². The molecule has 0 aliphatic heterocycles. The Morgan fingerprint density at radius 2 is 1.82 bits per heavy atom. The number of benzene rings is 2. The van der Waals surface area contributed by atoms with Crippen LogP contribution in [0.3, 0.4) is 0 Å². The van der Waals surface area contributed by atoms with E-state index in [1.807, 2.05) is 36.5 Å². The van der Waals surface area contributed by atoms with E-state index in [1.54, 1.807) is 6.26 Å². The quantitative estimate of drug-likeness (QED) is 0.425. The number of fused-ring (bicyclic) bond motifs is 5. The van der Waals surface area contributed by atoms with Crippen LogP contribution in [0.25, 0.3) is 32.6 Å². The average molecular weight is 220 g/mol. The number of nitrogens with zero attached hydrogens (tertiary/aromatic N) is 2. The van der Waals surface area contributed by atoms with Gasteiger partial charge < -0.3 is 4.52 Å². The van der Waals surface area contributed by atoms with Gasteiger partial charge in [0.1, 0.15) is 11.8 Å². The first kappa shape index (κ1) is 8.70. The van der Waals surface area contributed by atoms with Crippen molar-refractivity contribution in [1.82, 2.24) is 10.1 Å². The Balaban J connectivity index is 2.41. The number of hydrogen-bond acceptors (Lipinski definition) is 3. The molecule has 0 fully saturated rings. The van der Waals surface area contributed by atoms with Gasteiger partial charge in [-0.05, 0) is 12.1 Å². The maximum atomic E-state index is 5.05. The molecule has 0 amide bonds. The van der Waals surface area contributed by atoms with Crippen molar-refractivity contribution in [2.24, 2.45) is 0 Å². The van der Waals surface area contributed by atoms with Gasteiger partial charge in [0.25, 0.3) is 0 Å². The molecule has 4 rings (SSSR count). The molecule has 3 nitrogen and oxygen atoms in total. The molecule has 80 valence electrons. The monoisotopic (exact) mass is 220 g/mol. The summed E-state index contributed by atoms with van der Waals surface area (Å²) < 4.78 is 5.05. The van der Waals surface area contributed by atoms with E-state index in [0.717, 1.165) is 32.6 Å². The van der Waals surface area contributed by atoms with Gasteiger partial charge in [-0.3, -0.25) is 4.98 Å². The lowest BCUT2D eigenvalue weighted by molar-refractivity contribution is 0.428. The summed E-state index contributed by atoms with van der Waals surface area (Å²) >= 11 is 0. The Morgan fingerprint density at radius 1 is 0.882 bits per heavy atom. The molecular weight excluding hydrogens is 212 g/mol. The highest BCUT2D eigenvalue weighted by Crippen LogP contribution is 2.30. The zero-order valence-corrected chi connectivity index (χ0v) is 8.92. The molecule has 17 heavy (non-hydrogen) atoms. The van der Waals surface area contributed by atoms with Crippen LogP contribution in [0.2, 0.25) is 0 Å². The summed E-state index contributed by atoms with van der Waals surface area (Å²) in [5, 5.41) is 8.43. The van der Waals surface area contributed by atoms with E-state index in [2.05, 4.69) is 16.2 Å². The molecule has 0 N–H and O–H groups in total. The van der Waals surface area contributed by atoms with Crippen LogP contribution >= 0.6 is 0 Å². The predicted octanol–water partition coefficient (Wildman–Crippen LogP) is 3.53. The standard InChI is InChI=1S/C14H8N2O/c1-2-4-12-10(3-1)14-9(7-15-12)5-6-13-11(14)8-17-16-13/h1-8H. The topological polar surface area (TPSA) is 38.9 Å². The third-order valence-corrected chi connectivity index (χ3v) is 3.09. The second-order valence-electron chi connectivity index (χ2n) is 4.05. The number of pyridine rings is 1. The minimum Gasteiger partial charge on any atom is -0.363 e. The normalized spacial score (nSPS) is 11.5. The van der Waals surface area contributed by atoms with Crippen LogP contribution in [-0.4, -0.2) is 10.1 Å². The third kappa shape index (κ3) is 1.11. The minimum absolute atomic E-state index is 0.883. The maximum absolute atomic E-state index is 5.05. The number of para-hydroxylation sites is 1. The second kappa shape index (κ2) is 3.04. The van der Waals surface area contributed by atoms with Crippen LogP contribution in [0.15, 0.2) is 53.4 Å². The van der Waals surface area contributed by atoms with E-state index in [-0.39, 0.29) is 0 Å². The molecule has 2 heterocycles. The van der Waals surface area contributed by atoms with Crippen LogP contribution < -0.4 is 0 Å². The first-order chi connectivity index (χ1) is 8.43. The van der Waals surface area contributed by atoms with Gasteiger partial charge in [0.15, 0.2) is 0 Å². The molecule has 3 heteroatoms. The molecule has 4 aromatic rings. The van der Waals surface area contributed by atoms with Gasteiger partial charge in [-0.15, -0.1) is 0 Å². The van der Waals surface area contributed by atoms with Crippen LogP contribution in [0.5, 0.6) is 0 Å². The molecule has 0 spiro atoms. The van der Waals surface area contributed by atoms with Crippen molar-refractivity contribution in [3.8, 4) is 0 Å². The van der Waals surface area contributed by atoms with E-state index in [9.17, 15) is 0 Å². The van der Waals surface area contributed by atoms with Gasteiger partial charge in [-0.1, -0.05) is 29.4 Å². The Bertz CT molecular complexity index is 848. The highest BCUT2D eigenvalue weighted by Gasteiger charge is 2.07. The Morgan fingerprint density at radius 3 is 2.82 bits per heavy atom. The van der Waals surface area contributed by atoms with Crippen molar-refractivity contribution in [1.29, 1.82) is 0 Å². The second-order valence-corrected chi connectivity index (χ2v) is 4.05. The molecule has 0 saturated carbocycles. The van der Waals surface area contributed by atoms with Gasteiger partial charge in [0.2, 0.25) is 0 Å².